The van der Waals surface area contributed by atoms with Gasteiger partial charge in [0, 0.05) is 50.9 Å². The fourth-order valence-corrected chi connectivity index (χ4v) is 3.29. The van der Waals surface area contributed by atoms with Crippen molar-refractivity contribution in [2.75, 3.05) is 39.4 Å². The fourth-order valence-electron chi connectivity index (χ4n) is 3.29. The van der Waals surface area contributed by atoms with E-state index in [1.165, 1.54) is 12.0 Å². The van der Waals surface area contributed by atoms with E-state index in [9.17, 15) is 4.79 Å². The average molecular weight is 292 g/mol. The summed E-state index contributed by atoms with van der Waals surface area (Å²) in [6.07, 6.45) is 7.01. The maximum absolute atomic E-state index is 12.2. The lowest BCUT2D eigenvalue weighted by atomic mass is 10.1. The van der Waals surface area contributed by atoms with Crippen LogP contribution < -0.4 is 0 Å². The van der Waals surface area contributed by atoms with Crippen molar-refractivity contribution < 1.29 is 9.53 Å². The molecule has 1 aromatic heterocycles. The van der Waals surface area contributed by atoms with E-state index < -0.39 is 0 Å². The molecule has 1 amide bonds. The summed E-state index contributed by atoms with van der Waals surface area (Å²) in [6.45, 7) is 4.75. The molecule has 0 saturated carbocycles. The molecule has 116 valence electrons. The van der Waals surface area contributed by atoms with Crippen LogP contribution in [0.3, 0.4) is 0 Å². The van der Waals surface area contributed by atoms with Crippen molar-refractivity contribution in [3.05, 3.63) is 18.0 Å². The number of carbonyl (C=O) groups is 1. The van der Waals surface area contributed by atoms with Gasteiger partial charge in [-0.25, -0.2) is 0 Å². The Morgan fingerprint density at radius 2 is 2.19 bits per heavy atom. The first-order chi connectivity index (χ1) is 10.2. The van der Waals surface area contributed by atoms with E-state index in [4.69, 9.17) is 4.74 Å². The Hall–Kier alpha value is -1.40. The first-order valence-corrected chi connectivity index (χ1v) is 7.82. The normalized spacial score (nSPS) is 23.7. The van der Waals surface area contributed by atoms with Crippen LogP contribution in [0.1, 0.15) is 30.9 Å². The molecule has 2 aliphatic rings. The zero-order valence-electron chi connectivity index (χ0n) is 12.7. The number of aromatic nitrogens is 2. The van der Waals surface area contributed by atoms with E-state index in [2.05, 4.69) is 16.2 Å². The predicted molar refractivity (Wildman–Crippen MR) is 78.8 cm³/mol. The Morgan fingerprint density at radius 1 is 1.38 bits per heavy atom. The summed E-state index contributed by atoms with van der Waals surface area (Å²) in [4.78, 5) is 16.6. The second-order valence-corrected chi connectivity index (χ2v) is 5.88. The molecule has 1 aromatic rings. The van der Waals surface area contributed by atoms with E-state index in [-0.39, 0.29) is 5.91 Å². The molecule has 0 aliphatic carbocycles. The summed E-state index contributed by atoms with van der Waals surface area (Å²) < 4.78 is 7.14. The van der Waals surface area contributed by atoms with Crippen LogP contribution in [0, 0.1) is 0 Å². The van der Waals surface area contributed by atoms with Crippen molar-refractivity contribution >= 4 is 5.91 Å². The van der Waals surface area contributed by atoms with Crippen molar-refractivity contribution in [1.82, 2.24) is 19.6 Å². The highest BCUT2D eigenvalue weighted by molar-refractivity contribution is 5.76. The van der Waals surface area contributed by atoms with E-state index in [0.717, 1.165) is 32.6 Å². The Balaban J connectivity index is 1.53. The summed E-state index contributed by atoms with van der Waals surface area (Å²) in [6, 6.07) is 0.427. The predicted octanol–water partition coefficient (Wildman–Crippen LogP) is 0.806. The molecule has 2 saturated heterocycles. The van der Waals surface area contributed by atoms with Crippen molar-refractivity contribution in [3.63, 3.8) is 0 Å². The number of morpholine rings is 1. The van der Waals surface area contributed by atoms with Crippen LogP contribution in [0.25, 0.3) is 0 Å². The van der Waals surface area contributed by atoms with Gasteiger partial charge in [0.15, 0.2) is 0 Å². The summed E-state index contributed by atoms with van der Waals surface area (Å²) in [5.74, 6) is 0.259. The minimum Gasteiger partial charge on any atom is -0.378 e. The molecule has 0 radical (unpaired) electrons. The third kappa shape index (κ3) is 3.44. The van der Waals surface area contributed by atoms with Crippen molar-refractivity contribution in [3.8, 4) is 0 Å². The number of likely N-dealkylation sites (tertiary alicyclic amines) is 1. The number of rotatable bonds is 4. The summed E-state index contributed by atoms with van der Waals surface area (Å²) in [5.41, 5.74) is 1.27. The molecule has 21 heavy (non-hydrogen) atoms. The monoisotopic (exact) mass is 292 g/mol. The van der Waals surface area contributed by atoms with E-state index in [0.29, 0.717) is 25.7 Å². The second-order valence-electron chi connectivity index (χ2n) is 5.88. The molecule has 1 atom stereocenters. The Labute approximate surface area is 125 Å². The van der Waals surface area contributed by atoms with Crippen molar-refractivity contribution in [1.29, 1.82) is 0 Å². The third-order valence-corrected chi connectivity index (χ3v) is 4.45. The average Bonchev–Trinajstić information content (AvgIpc) is 3.14. The lowest BCUT2D eigenvalue weighted by molar-refractivity contribution is -0.135. The highest BCUT2D eigenvalue weighted by atomic mass is 16.5. The standard InChI is InChI=1S/C15H24N4O2/c1-17-12-13(11-16-17)14-3-2-5-18(14)6-4-15(20)19-7-9-21-10-8-19/h11-12,14H,2-10H2,1H3/t14-/m1/s1. The van der Waals surface area contributed by atoms with Gasteiger partial charge in [0.05, 0.1) is 19.4 Å². The molecule has 3 rings (SSSR count). The highest BCUT2D eigenvalue weighted by Crippen LogP contribution is 2.31. The van der Waals surface area contributed by atoms with Crippen LogP contribution in [0.4, 0.5) is 0 Å². The van der Waals surface area contributed by atoms with Gasteiger partial charge in [-0.3, -0.25) is 14.4 Å². The molecular weight excluding hydrogens is 268 g/mol. The van der Waals surface area contributed by atoms with E-state index in [1.54, 1.807) is 0 Å². The molecule has 0 N–H and O–H groups in total. The van der Waals surface area contributed by atoms with Crippen molar-refractivity contribution in [2.24, 2.45) is 7.05 Å². The van der Waals surface area contributed by atoms with Gasteiger partial charge in [-0.1, -0.05) is 0 Å². The van der Waals surface area contributed by atoms with Crippen LogP contribution in [0.2, 0.25) is 0 Å². The Morgan fingerprint density at radius 3 is 2.90 bits per heavy atom. The molecule has 0 bridgehead atoms. The van der Waals surface area contributed by atoms with Crippen LogP contribution in [-0.2, 0) is 16.6 Å². The van der Waals surface area contributed by atoms with Crippen molar-refractivity contribution in [2.45, 2.75) is 25.3 Å². The third-order valence-electron chi connectivity index (χ3n) is 4.45. The number of ether oxygens (including phenoxy) is 1. The van der Waals surface area contributed by atoms with Crippen LogP contribution >= 0.6 is 0 Å². The Kier molecular flexibility index (Phi) is 4.55. The molecule has 6 nitrogen and oxygen atoms in total. The van der Waals surface area contributed by atoms with Crippen LogP contribution in [0.15, 0.2) is 12.4 Å². The van der Waals surface area contributed by atoms with Crippen LogP contribution in [-0.4, -0.2) is 64.9 Å². The van der Waals surface area contributed by atoms with E-state index >= 15 is 0 Å². The lowest BCUT2D eigenvalue weighted by Crippen LogP contribution is -2.42. The minimum absolute atomic E-state index is 0.259. The van der Waals surface area contributed by atoms with Gasteiger partial charge in [0.2, 0.25) is 5.91 Å². The molecule has 6 heteroatoms. The minimum atomic E-state index is 0.259. The quantitative estimate of drug-likeness (QED) is 0.824. The first-order valence-electron chi connectivity index (χ1n) is 7.82. The number of aryl methyl sites for hydroxylation is 1. The number of amides is 1. The first kappa shape index (κ1) is 14.5. The van der Waals surface area contributed by atoms with Gasteiger partial charge < -0.3 is 9.64 Å². The molecule has 2 aliphatic heterocycles. The molecular formula is C15H24N4O2. The summed E-state index contributed by atoms with van der Waals surface area (Å²) in [7, 11) is 1.95. The maximum Gasteiger partial charge on any atom is 0.224 e. The van der Waals surface area contributed by atoms with Gasteiger partial charge in [0.25, 0.3) is 0 Å². The van der Waals surface area contributed by atoms with Gasteiger partial charge >= 0.3 is 0 Å². The number of nitrogens with zero attached hydrogens (tertiary/aromatic N) is 4. The molecule has 3 heterocycles. The largest absolute Gasteiger partial charge is 0.378 e. The Bertz CT molecular complexity index is 482. The van der Waals surface area contributed by atoms with Gasteiger partial charge in [-0.05, 0) is 19.4 Å². The number of carbonyl (C=O) groups excluding carboxylic acids is 1. The summed E-state index contributed by atoms with van der Waals surface area (Å²) >= 11 is 0. The highest BCUT2D eigenvalue weighted by Gasteiger charge is 2.27. The molecule has 0 spiro atoms. The van der Waals surface area contributed by atoms with Gasteiger partial charge in [-0.2, -0.15) is 5.10 Å². The molecule has 0 unspecified atom stereocenters. The molecule has 2 fully saturated rings. The van der Waals surface area contributed by atoms with E-state index in [1.807, 2.05) is 22.8 Å². The fraction of sp³-hybridized carbons (Fsp3) is 0.733. The van der Waals surface area contributed by atoms with Gasteiger partial charge in [0.1, 0.15) is 0 Å². The second kappa shape index (κ2) is 6.58. The zero-order chi connectivity index (χ0) is 14.7. The smallest absolute Gasteiger partial charge is 0.224 e. The molecule has 0 aromatic carbocycles. The van der Waals surface area contributed by atoms with Crippen LogP contribution in [0.5, 0.6) is 0 Å². The zero-order valence-corrected chi connectivity index (χ0v) is 12.7. The van der Waals surface area contributed by atoms with Gasteiger partial charge in [-0.15, -0.1) is 0 Å². The SMILES string of the molecule is Cn1cc([C@H]2CCCN2CCC(=O)N2CCOCC2)cn1. The topological polar surface area (TPSA) is 50.6 Å². The number of hydrogen-bond donors (Lipinski definition) is 0. The summed E-state index contributed by atoms with van der Waals surface area (Å²) in [5, 5.41) is 4.27. The number of hydrogen-bond acceptors (Lipinski definition) is 4. The lowest BCUT2D eigenvalue weighted by Gasteiger charge is -2.29. The maximum atomic E-state index is 12.2.